The number of fused-ring (bicyclic) bond motifs is 2. The summed E-state index contributed by atoms with van der Waals surface area (Å²) >= 11 is 0. The average Bonchev–Trinajstić information content (AvgIpc) is 2.66. The summed E-state index contributed by atoms with van der Waals surface area (Å²) in [6, 6.07) is 14.2. The predicted octanol–water partition coefficient (Wildman–Crippen LogP) is 2.49. The zero-order valence-corrected chi connectivity index (χ0v) is 16.5. The van der Waals surface area contributed by atoms with Gasteiger partial charge in [-0.2, -0.15) is 0 Å². The van der Waals surface area contributed by atoms with E-state index in [9.17, 15) is 13.5 Å². The maximum absolute atomic E-state index is 12.0. The second-order valence-electron chi connectivity index (χ2n) is 7.60. The number of aliphatic hydroxyl groups excluding tert-OH is 1. The lowest BCUT2D eigenvalue weighted by Gasteiger charge is -2.32. The van der Waals surface area contributed by atoms with Gasteiger partial charge in [0.2, 0.25) is 10.0 Å². The van der Waals surface area contributed by atoms with E-state index in [1.54, 1.807) is 0 Å². The van der Waals surface area contributed by atoms with Crippen LogP contribution in [0.1, 0.15) is 34.8 Å². The Bertz CT molecular complexity index is 942. The fourth-order valence-corrected chi connectivity index (χ4v) is 5.19. The summed E-state index contributed by atoms with van der Waals surface area (Å²) in [5.41, 5.74) is 5.37. The Hall–Kier alpha value is -1.89. The van der Waals surface area contributed by atoms with Crippen LogP contribution in [0.3, 0.4) is 0 Å². The van der Waals surface area contributed by atoms with Gasteiger partial charge in [-0.05, 0) is 47.6 Å². The second-order valence-corrected chi connectivity index (χ2v) is 9.50. The van der Waals surface area contributed by atoms with E-state index in [-0.39, 0.29) is 0 Å². The third-order valence-corrected chi connectivity index (χ3v) is 6.79. The van der Waals surface area contributed by atoms with Crippen LogP contribution in [0.25, 0.3) is 0 Å². The Morgan fingerprint density at radius 1 is 1.04 bits per heavy atom. The van der Waals surface area contributed by atoms with E-state index >= 15 is 0 Å². The highest BCUT2D eigenvalue weighted by atomic mass is 32.2. The molecule has 2 heterocycles. The zero-order chi connectivity index (χ0) is 19.0. The van der Waals surface area contributed by atoms with Crippen LogP contribution in [0.2, 0.25) is 0 Å². The molecule has 5 nitrogen and oxygen atoms in total. The normalized spacial score (nSPS) is 18.7. The molecule has 2 aliphatic rings. The summed E-state index contributed by atoms with van der Waals surface area (Å²) in [5.74, 6) is 0. The van der Waals surface area contributed by atoms with Crippen LogP contribution >= 0.6 is 0 Å². The van der Waals surface area contributed by atoms with E-state index < -0.39 is 16.1 Å². The minimum absolute atomic E-state index is 0.529. The Morgan fingerprint density at radius 2 is 1.81 bits per heavy atom. The first-order valence-electron chi connectivity index (χ1n) is 9.49. The van der Waals surface area contributed by atoms with Crippen molar-refractivity contribution in [1.82, 2.24) is 4.90 Å². The van der Waals surface area contributed by atoms with Crippen LogP contribution in [-0.2, 0) is 29.4 Å². The highest BCUT2D eigenvalue weighted by Gasteiger charge is 2.25. The molecular formula is C21H26N2O3S. The monoisotopic (exact) mass is 386 g/mol. The highest BCUT2D eigenvalue weighted by molar-refractivity contribution is 7.92. The fourth-order valence-electron chi connectivity index (χ4n) is 4.19. The van der Waals surface area contributed by atoms with Crippen LogP contribution in [0.4, 0.5) is 5.69 Å². The number of aryl methyl sites for hydroxylation is 1. The van der Waals surface area contributed by atoms with Gasteiger partial charge in [-0.1, -0.05) is 36.4 Å². The maximum Gasteiger partial charge on any atom is 0.232 e. The van der Waals surface area contributed by atoms with Crippen molar-refractivity contribution in [1.29, 1.82) is 0 Å². The van der Waals surface area contributed by atoms with Gasteiger partial charge in [-0.25, -0.2) is 8.42 Å². The van der Waals surface area contributed by atoms with Gasteiger partial charge in [-0.3, -0.25) is 9.21 Å². The summed E-state index contributed by atoms with van der Waals surface area (Å²) in [5, 5.41) is 10.8. The molecule has 0 spiro atoms. The fraction of sp³-hybridized carbons (Fsp3) is 0.429. The van der Waals surface area contributed by atoms with Crippen LogP contribution in [0.5, 0.6) is 0 Å². The van der Waals surface area contributed by atoms with E-state index in [0.29, 0.717) is 13.1 Å². The van der Waals surface area contributed by atoms with Gasteiger partial charge in [0.25, 0.3) is 0 Å². The van der Waals surface area contributed by atoms with Crippen molar-refractivity contribution < 1.29 is 13.5 Å². The molecule has 0 amide bonds. The quantitative estimate of drug-likeness (QED) is 0.877. The predicted molar refractivity (Wildman–Crippen MR) is 107 cm³/mol. The van der Waals surface area contributed by atoms with E-state index in [4.69, 9.17) is 0 Å². The van der Waals surface area contributed by atoms with Gasteiger partial charge >= 0.3 is 0 Å². The van der Waals surface area contributed by atoms with Crippen LogP contribution in [-0.4, -0.2) is 44.3 Å². The van der Waals surface area contributed by atoms with Crippen molar-refractivity contribution in [2.45, 2.75) is 31.9 Å². The molecule has 1 N–H and O–H groups in total. The van der Waals surface area contributed by atoms with Gasteiger partial charge in [0.1, 0.15) is 0 Å². The molecule has 1 atom stereocenters. The average molecular weight is 387 g/mol. The molecule has 0 radical (unpaired) electrons. The van der Waals surface area contributed by atoms with Crippen molar-refractivity contribution in [3.05, 3.63) is 64.7 Å². The van der Waals surface area contributed by atoms with Gasteiger partial charge < -0.3 is 5.11 Å². The SMILES string of the molecule is CS(=O)(=O)N1CCCc2cc([C@H](O)CN3CCc4ccccc4C3)ccc21. The first-order chi connectivity index (χ1) is 12.9. The summed E-state index contributed by atoms with van der Waals surface area (Å²) in [6.07, 6.45) is 3.34. The number of rotatable bonds is 4. The number of benzene rings is 2. The molecule has 0 saturated carbocycles. The molecule has 6 heteroatoms. The highest BCUT2D eigenvalue weighted by Crippen LogP contribution is 2.32. The third kappa shape index (κ3) is 3.88. The second kappa shape index (κ2) is 7.26. The number of sulfonamides is 1. The van der Waals surface area contributed by atoms with E-state index in [1.807, 2.05) is 18.2 Å². The molecule has 0 aromatic heterocycles. The summed E-state index contributed by atoms with van der Waals surface area (Å²) in [7, 11) is -3.26. The standard InChI is InChI=1S/C21H26N2O3S/c1-27(25,26)23-11-4-7-17-13-18(8-9-20(17)23)21(24)15-22-12-10-16-5-2-3-6-19(16)14-22/h2-3,5-6,8-9,13,21,24H,4,7,10-12,14-15H2,1H3/t21-/m1/s1. The molecule has 0 saturated heterocycles. The molecular weight excluding hydrogens is 360 g/mol. The molecule has 27 heavy (non-hydrogen) atoms. The molecule has 0 fully saturated rings. The number of nitrogens with zero attached hydrogens (tertiary/aromatic N) is 2. The van der Waals surface area contributed by atoms with E-state index in [0.717, 1.165) is 49.2 Å². The van der Waals surface area contributed by atoms with Crippen LogP contribution in [0.15, 0.2) is 42.5 Å². The zero-order valence-electron chi connectivity index (χ0n) is 15.6. The number of anilines is 1. The number of hydrogen-bond acceptors (Lipinski definition) is 4. The largest absolute Gasteiger partial charge is 0.387 e. The van der Waals surface area contributed by atoms with Gasteiger partial charge in [0.15, 0.2) is 0 Å². The van der Waals surface area contributed by atoms with Crippen LogP contribution < -0.4 is 4.31 Å². The van der Waals surface area contributed by atoms with Crippen molar-refractivity contribution in [3.63, 3.8) is 0 Å². The van der Waals surface area contributed by atoms with Gasteiger partial charge in [-0.15, -0.1) is 0 Å². The Labute approximate surface area is 161 Å². The molecule has 2 aromatic carbocycles. The molecule has 4 rings (SSSR count). The van der Waals surface area contributed by atoms with Crippen molar-refractivity contribution in [2.24, 2.45) is 0 Å². The molecule has 0 aliphatic carbocycles. The summed E-state index contributed by atoms with van der Waals surface area (Å²) < 4.78 is 25.5. The van der Waals surface area contributed by atoms with E-state index in [1.165, 1.54) is 21.7 Å². The maximum atomic E-state index is 12.0. The smallest absolute Gasteiger partial charge is 0.232 e. The lowest BCUT2D eigenvalue weighted by atomic mass is 9.97. The minimum atomic E-state index is -3.26. The summed E-state index contributed by atoms with van der Waals surface area (Å²) in [6.45, 7) is 2.92. The third-order valence-electron chi connectivity index (χ3n) is 5.61. The van der Waals surface area contributed by atoms with Crippen molar-refractivity contribution in [2.75, 3.05) is 30.2 Å². The molecule has 2 aromatic rings. The van der Waals surface area contributed by atoms with Crippen molar-refractivity contribution in [3.8, 4) is 0 Å². The van der Waals surface area contributed by atoms with E-state index in [2.05, 4.69) is 29.2 Å². The number of hydrogen-bond donors (Lipinski definition) is 1. The molecule has 2 aliphatic heterocycles. The Kier molecular flexibility index (Phi) is 4.97. The lowest BCUT2D eigenvalue weighted by molar-refractivity contribution is 0.106. The molecule has 0 bridgehead atoms. The molecule has 144 valence electrons. The lowest BCUT2D eigenvalue weighted by Crippen LogP contribution is -2.35. The molecule has 0 unspecified atom stereocenters. The minimum Gasteiger partial charge on any atom is -0.387 e. The Balaban J connectivity index is 1.49. The first-order valence-corrected chi connectivity index (χ1v) is 11.3. The van der Waals surface area contributed by atoms with Gasteiger partial charge in [0.05, 0.1) is 18.0 Å². The Morgan fingerprint density at radius 3 is 2.59 bits per heavy atom. The van der Waals surface area contributed by atoms with Gasteiger partial charge in [0, 0.05) is 26.2 Å². The number of β-amino-alcohol motifs (C(OH)–C–C–N with tert-alkyl or cyclic N) is 1. The van der Waals surface area contributed by atoms with Crippen LogP contribution in [0, 0.1) is 0 Å². The topological polar surface area (TPSA) is 60.9 Å². The first kappa shape index (κ1) is 18.5. The van der Waals surface area contributed by atoms with Crippen molar-refractivity contribution >= 4 is 15.7 Å². The number of aliphatic hydroxyl groups is 1. The summed E-state index contributed by atoms with van der Waals surface area (Å²) in [4.78, 5) is 2.29.